The average molecular weight is 597 g/mol. The van der Waals surface area contributed by atoms with Gasteiger partial charge in [-0.1, -0.05) is 121 Å². The zero-order chi connectivity index (χ0) is 28.7. The molecule has 0 N–H and O–H groups in total. The Labute approximate surface area is 266 Å². The number of hydrogen-bond donors (Lipinski definition) is 0. The van der Waals surface area contributed by atoms with Gasteiger partial charge in [0.15, 0.2) is 0 Å². The molecule has 6 aromatic rings. The molecule has 6 aliphatic rings. The van der Waals surface area contributed by atoms with E-state index in [1.165, 1.54) is 77.9 Å². The molecule has 2 bridgehead atoms. The zero-order valence-corrected chi connectivity index (χ0v) is 25.8. The molecule has 12 rings (SSSR count). The molecule has 3 aliphatic heterocycles. The summed E-state index contributed by atoms with van der Waals surface area (Å²) in [6, 6.07) is 51.6. The summed E-state index contributed by atoms with van der Waals surface area (Å²) < 4.78 is -0.0529. The maximum Gasteiger partial charge on any atom is 0.0725 e. The van der Waals surface area contributed by atoms with E-state index in [4.69, 9.17) is 0 Å². The van der Waals surface area contributed by atoms with Crippen LogP contribution in [-0.2, 0) is 26.4 Å². The van der Waals surface area contributed by atoms with E-state index >= 15 is 0 Å². The second-order valence-electron chi connectivity index (χ2n) is 13.1. The Hall–Kier alpha value is -3.98. The van der Waals surface area contributed by atoms with Crippen LogP contribution in [-0.4, -0.2) is 0 Å². The summed E-state index contributed by atoms with van der Waals surface area (Å²) in [6.07, 6.45) is 1.11. The van der Waals surface area contributed by atoms with E-state index in [0.717, 1.165) is 17.9 Å². The van der Waals surface area contributed by atoms with E-state index in [2.05, 4.69) is 157 Å². The fourth-order valence-electron chi connectivity index (χ4n) is 9.51. The largest absolute Gasteiger partial charge is 0.152 e. The van der Waals surface area contributed by atoms with E-state index in [0.29, 0.717) is 0 Å². The first-order chi connectivity index (χ1) is 21.7. The maximum absolute atomic E-state index is 2.68. The molecule has 3 unspecified atom stereocenters. The fourth-order valence-corrected chi connectivity index (χ4v) is 12.6. The van der Waals surface area contributed by atoms with Gasteiger partial charge in [0.2, 0.25) is 0 Å². The molecule has 6 aromatic carbocycles. The van der Waals surface area contributed by atoms with Crippen LogP contribution in [0.3, 0.4) is 0 Å². The van der Waals surface area contributed by atoms with Gasteiger partial charge in [0.1, 0.15) is 0 Å². The molecule has 3 aliphatic carbocycles. The summed E-state index contributed by atoms with van der Waals surface area (Å²) in [7, 11) is 0. The van der Waals surface area contributed by atoms with Gasteiger partial charge in [-0.3, -0.25) is 0 Å². The highest BCUT2D eigenvalue weighted by molar-refractivity contribution is 8.03. The van der Waals surface area contributed by atoms with Gasteiger partial charge >= 0.3 is 0 Å². The Morgan fingerprint density at radius 1 is 0.409 bits per heavy atom. The lowest BCUT2D eigenvalue weighted by Gasteiger charge is -2.48. The molecule has 0 nitrogen and oxygen atoms in total. The highest BCUT2D eigenvalue weighted by Gasteiger charge is 2.67. The summed E-state index contributed by atoms with van der Waals surface area (Å²) in [6.45, 7) is 0. The third kappa shape index (κ3) is 2.66. The van der Waals surface area contributed by atoms with Crippen molar-refractivity contribution in [2.45, 2.75) is 32.8 Å². The smallest absolute Gasteiger partial charge is 0.0725 e. The third-order valence-electron chi connectivity index (χ3n) is 11.3. The van der Waals surface area contributed by atoms with Gasteiger partial charge in [-0.2, -0.15) is 11.8 Å². The number of thioether (sulfide) groups is 2. The van der Waals surface area contributed by atoms with Crippen molar-refractivity contribution in [2.75, 3.05) is 0 Å². The molecule has 1 saturated heterocycles. The van der Waals surface area contributed by atoms with Crippen LogP contribution < -0.4 is 0 Å². The van der Waals surface area contributed by atoms with E-state index in [-0.39, 0.29) is 14.9 Å². The minimum Gasteiger partial charge on any atom is -0.152 e. The molecule has 0 aromatic heterocycles. The molecule has 3 heterocycles. The van der Waals surface area contributed by atoms with Gasteiger partial charge in [-0.05, 0) is 96.4 Å². The van der Waals surface area contributed by atoms with E-state index in [9.17, 15) is 0 Å². The van der Waals surface area contributed by atoms with Crippen LogP contribution in [0.25, 0.3) is 22.3 Å². The molecule has 1 spiro atoms. The number of fused-ring (bicyclic) bond motifs is 11. The number of hydrogen-bond acceptors (Lipinski definition) is 2. The summed E-state index contributed by atoms with van der Waals surface area (Å²) in [5.74, 6) is 2.23. The minimum absolute atomic E-state index is 0.0182. The van der Waals surface area contributed by atoms with Crippen molar-refractivity contribution < 1.29 is 0 Å². The Morgan fingerprint density at radius 3 is 1.50 bits per heavy atom. The fraction of sp³-hybridized carbons (Fsp3) is 0.143. The van der Waals surface area contributed by atoms with Crippen LogP contribution in [0, 0.1) is 0 Å². The quantitative estimate of drug-likeness (QED) is 0.195. The van der Waals surface area contributed by atoms with Crippen molar-refractivity contribution in [3.63, 3.8) is 0 Å². The van der Waals surface area contributed by atoms with Gasteiger partial charge in [-0.25, -0.2) is 0 Å². The molecule has 0 amide bonds. The number of rotatable bonds is 2. The van der Waals surface area contributed by atoms with E-state index < -0.39 is 0 Å². The third-order valence-corrected chi connectivity index (χ3v) is 14.2. The van der Waals surface area contributed by atoms with Crippen LogP contribution in [0.2, 0.25) is 0 Å². The summed E-state index contributed by atoms with van der Waals surface area (Å²) in [5, 5.41) is 0. The van der Waals surface area contributed by atoms with Gasteiger partial charge < -0.3 is 0 Å². The molecule has 3 atom stereocenters. The first kappa shape index (κ1) is 24.4. The monoisotopic (exact) mass is 596 g/mol. The second-order valence-corrected chi connectivity index (χ2v) is 15.7. The second kappa shape index (κ2) is 8.18. The molecular weight excluding hydrogens is 569 g/mol. The molecule has 1 fully saturated rings. The van der Waals surface area contributed by atoms with Gasteiger partial charge in [0.05, 0.1) is 14.9 Å². The Morgan fingerprint density at radius 2 is 0.886 bits per heavy atom. The van der Waals surface area contributed by atoms with Crippen molar-refractivity contribution in [2.24, 2.45) is 0 Å². The maximum atomic E-state index is 2.68. The molecule has 44 heavy (non-hydrogen) atoms. The van der Waals surface area contributed by atoms with E-state index in [1.807, 2.05) is 0 Å². The minimum atomic E-state index is -0.301. The SMILES string of the molecule is c1ccc(C23CC(c4ccccc4)(S2)c2cc4c(cc23)-c2ccccc2C42c3ccccc3-c3cc4c(cc32)CSC4)cc1. The van der Waals surface area contributed by atoms with Crippen molar-refractivity contribution >= 4 is 23.5 Å². The van der Waals surface area contributed by atoms with E-state index in [1.54, 1.807) is 0 Å². The topological polar surface area (TPSA) is 0 Å². The highest BCUT2D eigenvalue weighted by Crippen LogP contribution is 2.79. The molecule has 0 saturated carbocycles. The summed E-state index contributed by atoms with van der Waals surface area (Å²) >= 11 is 4.23. The first-order valence-corrected chi connectivity index (χ1v) is 17.7. The first-order valence-electron chi connectivity index (χ1n) is 15.7. The summed E-state index contributed by atoms with van der Waals surface area (Å²) in [5.41, 5.74) is 20.1. The Kier molecular flexibility index (Phi) is 4.53. The van der Waals surface area contributed by atoms with Crippen LogP contribution >= 0.6 is 23.5 Å². The molecule has 208 valence electrons. The highest BCUT2D eigenvalue weighted by atomic mass is 32.2. The van der Waals surface area contributed by atoms with Crippen molar-refractivity contribution in [1.82, 2.24) is 0 Å². The molecule has 2 heteroatoms. The van der Waals surface area contributed by atoms with Crippen LogP contribution in [0.5, 0.6) is 0 Å². The van der Waals surface area contributed by atoms with Crippen LogP contribution in [0.1, 0.15) is 62.1 Å². The lowest BCUT2D eigenvalue weighted by atomic mass is 9.69. The lowest BCUT2D eigenvalue weighted by molar-refractivity contribution is 0.563. The normalized spacial score (nSPS) is 25.5. The van der Waals surface area contributed by atoms with Gasteiger partial charge in [-0.15, -0.1) is 11.8 Å². The zero-order valence-electron chi connectivity index (χ0n) is 24.1. The van der Waals surface area contributed by atoms with Crippen LogP contribution in [0.4, 0.5) is 0 Å². The predicted octanol–water partition coefficient (Wildman–Crippen LogP) is 10.4. The Bertz CT molecular complexity index is 2210. The van der Waals surface area contributed by atoms with Gasteiger partial charge in [0, 0.05) is 11.5 Å². The molecule has 0 radical (unpaired) electrons. The average Bonchev–Trinajstić information content (AvgIpc) is 3.84. The van der Waals surface area contributed by atoms with Crippen molar-refractivity contribution in [1.29, 1.82) is 0 Å². The van der Waals surface area contributed by atoms with Crippen molar-refractivity contribution in [3.8, 4) is 22.3 Å². The molecular formula is C42H28S2. The summed E-state index contributed by atoms with van der Waals surface area (Å²) in [4.78, 5) is 0. The number of benzene rings is 6. The predicted molar refractivity (Wildman–Crippen MR) is 184 cm³/mol. The van der Waals surface area contributed by atoms with Gasteiger partial charge in [0.25, 0.3) is 0 Å². The van der Waals surface area contributed by atoms with Crippen LogP contribution in [0.15, 0.2) is 133 Å². The van der Waals surface area contributed by atoms with Crippen molar-refractivity contribution in [3.05, 3.63) is 189 Å². The lowest BCUT2D eigenvalue weighted by Crippen LogP contribution is -2.39. The Balaban J connectivity index is 1.27. The standard InChI is InChI=1S/C42H28S2/c1-3-11-28(12-4-1)40-25-41(44-40,29-13-5-2-6-14-29)39-22-37-33(21-38(39)40)31-16-8-10-18-35(31)42(37)34-17-9-7-15-30(34)32-19-26-23-43-24-27(26)20-36(32)42/h1-22H,23-25H2.